The lowest BCUT2D eigenvalue weighted by molar-refractivity contribution is 0.163. The van der Waals surface area contributed by atoms with Gasteiger partial charge in [-0.25, -0.2) is 0 Å². The molecule has 0 aliphatic carbocycles. The Bertz CT molecular complexity index is 423. The van der Waals surface area contributed by atoms with Crippen molar-refractivity contribution in [3.05, 3.63) is 29.3 Å². The lowest BCUT2D eigenvalue weighted by Crippen LogP contribution is -2.45. The molecule has 0 amide bonds. The van der Waals surface area contributed by atoms with Gasteiger partial charge in [0, 0.05) is 32.2 Å². The lowest BCUT2D eigenvalue weighted by Gasteiger charge is -2.35. The number of rotatable bonds is 6. The van der Waals surface area contributed by atoms with Crippen molar-refractivity contribution in [3.8, 4) is 5.75 Å². The van der Waals surface area contributed by atoms with Crippen LogP contribution in [0.1, 0.15) is 43.4 Å². The van der Waals surface area contributed by atoms with E-state index in [9.17, 15) is 0 Å². The van der Waals surface area contributed by atoms with Gasteiger partial charge in [-0.05, 0) is 30.5 Å². The first-order valence-corrected chi connectivity index (χ1v) is 7.85. The van der Waals surface area contributed by atoms with Crippen LogP contribution in [0.25, 0.3) is 0 Å². The van der Waals surface area contributed by atoms with E-state index in [2.05, 4.69) is 42.3 Å². The molecule has 1 aliphatic heterocycles. The summed E-state index contributed by atoms with van der Waals surface area (Å²) >= 11 is 0. The second-order valence-corrected chi connectivity index (χ2v) is 5.67. The molecule has 128 valence electrons. The van der Waals surface area contributed by atoms with Crippen LogP contribution in [-0.2, 0) is 0 Å². The van der Waals surface area contributed by atoms with Gasteiger partial charge in [-0.2, -0.15) is 0 Å². The molecule has 1 N–H and O–H groups in total. The van der Waals surface area contributed by atoms with E-state index in [1.54, 1.807) is 7.11 Å². The van der Waals surface area contributed by atoms with Crippen LogP contribution in [-0.4, -0.2) is 38.2 Å². The maximum atomic E-state index is 5.38. The number of nitrogens with one attached hydrogen (secondary N) is 1. The first-order valence-electron chi connectivity index (χ1n) is 7.85. The zero-order chi connectivity index (χ0) is 14.4. The smallest absolute Gasteiger partial charge is 0.121 e. The SMILES string of the molecule is CCCC[C@@H](c1ccc(OC)c(C)c1)N1CCNCC1.Cl.Cl. The lowest BCUT2D eigenvalue weighted by atomic mass is 9.97. The summed E-state index contributed by atoms with van der Waals surface area (Å²) in [5.74, 6) is 0.989. The van der Waals surface area contributed by atoms with Gasteiger partial charge in [0.25, 0.3) is 0 Å². The molecule has 1 aliphatic rings. The van der Waals surface area contributed by atoms with Crippen molar-refractivity contribution in [2.45, 2.75) is 39.2 Å². The Morgan fingerprint density at radius 2 is 1.91 bits per heavy atom. The zero-order valence-corrected chi connectivity index (χ0v) is 15.6. The summed E-state index contributed by atoms with van der Waals surface area (Å²) in [5, 5.41) is 3.45. The van der Waals surface area contributed by atoms with Crippen molar-refractivity contribution >= 4 is 24.8 Å². The monoisotopic (exact) mass is 348 g/mol. The Kier molecular flexibility index (Phi) is 10.9. The Balaban J connectivity index is 0.00000220. The normalized spacial score (nSPS) is 16.3. The molecule has 0 spiro atoms. The van der Waals surface area contributed by atoms with Crippen LogP contribution >= 0.6 is 24.8 Å². The molecule has 2 rings (SSSR count). The fraction of sp³-hybridized carbons (Fsp3) is 0.647. The van der Waals surface area contributed by atoms with Gasteiger partial charge in [0.05, 0.1) is 7.11 Å². The van der Waals surface area contributed by atoms with Crippen molar-refractivity contribution < 1.29 is 4.74 Å². The topological polar surface area (TPSA) is 24.5 Å². The average molecular weight is 349 g/mol. The van der Waals surface area contributed by atoms with E-state index in [1.165, 1.54) is 30.4 Å². The molecular formula is C17H30Cl2N2O. The highest BCUT2D eigenvalue weighted by Gasteiger charge is 2.22. The van der Waals surface area contributed by atoms with Crippen LogP contribution in [0.4, 0.5) is 0 Å². The molecule has 3 nitrogen and oxygen atoms in total. The minimum atomic E-state index is 0. The van der Waals surface area contributed by atoms with Crippen LogP contribution in [0.15, 0.2) is 18.2 Å². The number of halogens is 2. The van der Waals surface area contributed by atoms with Crippen LogP contribution < -0.4 is 10.1 Å². The number of benzene rings is 1. The van der Waals surface area contributed by atoms with Gasteiger partial charge >= 0.3 is 0 Å². The van der Waals surface area contributed by atoms with E-state index in [1.807, 2.05) is 0 Å². The minimum absolute atomic E-state index is 0. The molecule has 1 aromatic carbocycles. The molecule has 1 heterocycles. The van der Waals surface area contributed by atoms with Crippen LogP contribution in [0.3, 0.4) is 0 Å². The summed E-state index contributed by atoms with van der Waals surface area (Å²) in [5.41, 5.74) is 2.68. The van der Waals surface area contributed by atoms with Gasteiger partial charge in [-0.15, -0.1) is 24.8 Å². The van der Waals surface area contributed by atoms with Gasteiger partial charge in [0.15, 0.2) is 0 Å². The zero-order valence-electron chi connectivity index (χ0n) is 13.9. The number of aryl methyl sites for hydroxylation is 1. The number of hydrogen-bond acceptors (Lipinski definition) is 3. The van der Waals surface area contributed by atoms with Crippen LogP contribution in [0.2, 0.25) is 0 Å². The van der Waals surface area contributed by atoms with E-state index in [0.29, 0.717) is 6.04 Å². The summed E-state index contributed by atoms with van der Waals surface area (Å²) < 4.78 is 5.38. The quantitative estimate of drug-likeness (QED) is 0.841. The number of nitrogens with zero attached hydrogens (tertiary/aromatic N) is 1. The summed E-state index contributed by atoms with van der Waals surface area (Å²) in [6.07, 6.45) is 3.81. The van der Waals surface area contributed by atoms with Crippen molar-refractivity contribution in [1.29, 1.82) is 0 Å². The average Bonchev–Trinajstić information content (AvgIpc) is 2.49. The van der Waals surface area contributed by atoms with Crippen molar-refractivity contribution in [1.82, 2.24) is 10.2 Å². The number of piperazine rings is 1. The molecule has 0 radical (unpaired) electrons. The highest BCUT2D eigenvalue weighted by atomic mass is 35.5. The second-order valence-electron chi connectivity index (χ2n) is 5.67. The molecule has 22 heavy (non-hydrogen) atoms. The van der Waals surface area contributed by atoms with Gasteiger partial charge in [0.1, 0.15) is 5.75 Å². The Hall–Kier alpha value is -0.480. The minimum Gasteiger partial charge on any atom is -0.496 e. The first-order chi connectivity index (χ1) is 9.76. The van der Waals surface area contributed by atoms with Gasteiger partial charge in [-0.3, -0.25) is 4.90 Å². The number of unbranched alkanes of at least 4 members (excludes halogenated alkanes) is 1. The maximum Gasteiger partial charge on any atom is 0.121 e. The fourth-order valence-corrected chi connectivity index (χ4v) is 3.06. The fourth-order valence-electron chi connectivity index (χ4n) is 3.06. The number of ether oxygens (including phenoxy) is 1. The van der Waals surface area contributed by atoms with Crippen LogP contribution in [0, 0.1) is 6.92 Å². The van der Waals surface area contributed by atoms with E-state index >= 15 is 0 Å². The molecule has 1 atom stereocenters. The summed E-state index contributed by atoms with van der Waals surface area (Å²) in [7, 11) is 1.74. The van der Waals surface area contributed by atoms with Crippen molar-refractivity contribution in [2.24, 2.45) is 0 Å². The number of hydrogen-bond donors (Lipinski definition) is 1. The van der Waals surface area contributed by atoms with Crippen molar-refractivity contribution in [3.63, 3.8) is 0 Å². The Labute approximate surface area is 147 Å². The molecule has 0 aromatic heterocycles. The molecule has 1 saturated heterocycles. The maximum absolute atomic E-state index is 5.38. The molecular weight excluding hydrogens is 319 g/mol. The predicted octanol–water partition coefficient (Wildman–Crippen LogP) is 3.98. The number of methoxy groups -OCH3 is 1. The van der Waals surface area contributed by atoms with Crippen molar-refractivity contribution in [2.75, 3.05) is 33.3 Å². The summed E-state index contributed by atoms with van der Waals surface area (Å²) in [6, 6.07) is 7.22. The second kappa shape index (κ2) is 11.1. The standard InChI is InChI=1S/C17H28N2O.2ClH/c1-4-5-6-16(19-11-9-18-10-12-19)15-7-8-17(20-3)14(2)13-15;;/h7-8,13,16,18H,4-6,9-12H2,1-3H3;2*1H/t16-;;/m0../s1. The highest BCUT2D eigenvalue weighted by Crippen LogP contribution is 2.30. The van der Waals surface area contributed by atoms with Gasteiger partial charge in [0.2, 0.25) is 0 Å². The molecule has 0 unspecified atom stereocenters. The largest absolute Gasteiger partial charge is 0.496 e. The third-order valence-electron chi connectivity index (χ3n) is 4.23. The van der Waals surface area contributed by atoms with Gasteiger partial charge < -0.3 is 10.1 Å². The molecule has 1 fully saturated rings. The third kappa shape index (κ3) is 5.62. The summed E-state index contributed by atoms with van der Waals surface area (Å²) in [6.45, 7) is 8.93. The van der Waals surface area contributed by atoms with Crippen LogP contribution in [0.5, 0.6) is 5.75 Å². The Morgan fingerprint density at radius 1 is 1.23 bits per heavy atom. The molecule has 0 bridgehead atoms. The van der Waals surface area contributed by atoms with E-state index in [0.717, 1.165) is 31.9 Å². The summed E-state index contributed by atoms with van der Waals surface area (Å²) in [4.78, 5) is 2.63. The third-order valence-corrected chi connectivity index (χ3v) is 4.23. The predicted molar refractivity (Wildman–Crippen MR) is 98.9 cm³/mol. The van der Waals surface area contributed by atoms with Gasteiger partial charge in [-0.1, -0.05) is 31.9 Å². The Morgan fingerprint density at radius 3 is 2.45 bits per heavy atom. The first kappa shape index (κ1) is 21.5. The highest BCUT2D eigenvalue weighted by molar-refractivity contribution is 5.85. The molecule has 1 aromatic rings. The molecule has 0 saturated carbocycles. The van der Waals surface area contributed by atoms with E-state index < -0.39 is 0 Å². The van der Waals surface area contributed by atoms with E-state index in [4.69, 9.17) is 4.74 Å². The molecule has 5 heteroatoms. The van der Waals surface area contributed by atoms with E-state index in [-0.39, 0.29) is 24.8 Å².